The summed E-state index contributed by atoms with van der Waals surface area (Å²) in [5.41, 5.74) is 5.68. The zero-order valence-electron chi connectivity index (χ0n) is 8.68. The highest BCUT2D eigenvalue weighted by atomic mass is 32.2. The van der Waals surface area contributed by atoms with Gasteiger partial charge in [0.2, 0.25) is 0 Å². The van der Waals surface area contributed by atoms with Gasteiger partial charge in [-0.25, -0.2) is 0 Å². The van der Waals surface area contributed by atoms with Crippen LogP contribution in [-0.4, -0.2) is 25.8 Å². The number of hydrogen-bond acceptors (Lipinski definition) is 6. The molecule has 1 unspecified atom stereocenters. The van der Waals surface area contributed by atoms with Crippen LogP contribution >= 0.6 is 23.9 Å². The number of allylic oxidation sites excluding steroid dienone is 2. The monoisotopic (exact) mass is 238 g/mol. The smallest absolute Gasteiger partial charge is 0.106 e. The number of aromatic nitrogens is 2. The van der Waals surface area contributed by atoms with Crippen molar-refractivity contribution in [2.75, 3.05) is 7.05 Å². The molecule has 0 N–H and O–H groups in total. The third kappa shape index (κ3) is 1.12. The maximum absolute atomic E-state index is 4.49. The Labute approximate surface area is 96.7 Å². The maximum Gasteiger partial charge on any atom is 0.106 e. The molecule has 2 heterocycles. The summed E-state index contributed by atoms with van der Waals surface area (Å²) in [7, 11) is 2.04. The van der Waals surface area contributed by atoms with Crippen molar-refractivity contribution in [3.05, 3.63) is 17.1 Å². The lowest BCUT2D eigenvalue weighted by Crippen LogP contribution is -2.22. The molecule has 0 aromatic carbocycles. The Hall–Kier alpha value is -0.880. The highest BCUT2D eigenvalue weighted by Gasteiger charge is 2.36. The minimum Gasteiger partial charge on any atom is -0.298 e. The van der Waals surface area contributed by atoms with Crippen LogP contribution in [0.2, 0.25) is 0 Å². The Kier molecular flexibility index (Phi) is 1.90. The third-order valence-corrected chi connectivity index (χ3v) is 4.11. The van der Waals surface area contributed by atoms with Gasteiger partial charge in [0.1, 0.15) is 5.69 Å². The van der Waals surface area contributed by atoms with Gasteiger partial charge < -0.3 is 0 Å². The molecule has 3 rings (SSSR count). The van der Waals surface area contributed by atoms with Crippen molar-refractivity contribution < 1.29 is 0 Å². The fraction of sp³-hybridized carbons (Fsp3) is 0.444. The van der Waals surface area contributed by atoms with Gasteiger partial charge in [-0.3, -0.25) is 4.31 Å². The van der Waals surface area contributed by atoms with Crippen molar-refractivity contribution >= 4 is 35.1 Å². The Morgan fingerprint density at radius 1 is 1.33 bits per heavy atom. The minimum absolute atomic E-state index is 0.273. The Bertz CT molecular complexity index is 488. The number of fused-ring (bicyclic) bond motifs is 2. The Balaban J connectivity index is 2.28. The van der Waals surface area contributed by atoms with Gasteiger partial charge in [-0.05, 0) is 6.92 Å². The summed E-state index contributed by atoms with van der Waals surface area (Å²) in [4.78, 5) is 0. The summed E-state index contributed by atoms with van der Waals surface area (Å²) in [6.45, 7) is 4.24. The van der Waals surface area contributed by atoms with E-state index >= 15 is 0 Å². The van der Waals surface area contributed by atoms with Crippen molar-refractivity contribution in [2.24, 2.45) is 4.40 Å². The van der Waals surface area contributed by atoms with E-state index in [9.17, 15) is 0 Å². The number of hydrogen-bond donors (Lipinski definition) is 0. The van der Waals surface area contributed by atoms with Gasteiger partial charge in [-0.2, -0.15) is 13.1 Å². The highest BCUT2D eigenvalue weighted by molar-refractivity contribution is 7.96. The van der Waals surface area contributed by atoms with Crippen molar-refractivity contribution in [3.8, 4) is 0 Å². The first-order chi connectivity index (χ1) is 7.20. The molecule has 0 bridgehead atoms. The lowest BCUT2D eigenvalue weighted by Gasteiger charge is -2.22. The Morgan fingerprint density at radius 2 is 2.13 bits per heavy atom. The van der Waals surface area contributed by atoms with E-state index in [1.54, 1.807) is 0 Å². The summed E-state index contributed by atoms with van der Waals surface area (Å²) in [6.07, 6.45) is 0. The van der Waals surface area contributed by atoms with Crippen LogP contribution in [0.3, 0.4) is 0 Å². The second-order valence-electron chi connectivity index (χ2n) is 3.75. The summed E-state index contributed by atoms with van der Waals surface area (Å²) in [5, 5.41) is 0. The van der Waals surface area contributed by atoms with Crippen LogP contribution in [-0.2, 0) is 0 Å². The summed E-state index contributed by atoms with van der Waals surface area (Å²) < 4.78 is 15.3. The molecule has 1 aromatic heterocycles. The second-order valence-corrected chi connectivity index (χ2v) is 5.17. The highest BCUT2D eigenvalue weighted by Crippen LogP contribution is 2.42. The molecule has 1 aliphatic heterocycles. The molecule has 0 amide bonds. The van der Waals surface area contributed by atoms with E-state index in [2.05, 4.69) is 31.3 Å². The summed E-state index contributed by atoms with van der Waals surface area (Å²) in [6, 6.07) is 0. The molecular formula is C9H10N4S2. The molecule has 78 valence electrons. The third-order valence-electron chi connectivity index (χ3n) is 2.86. The maximum atomic E-state index is 4.49. The van der Waals surface area contributed by atoms with E-state index < -0.39 is 0 Å². The van der Waals surface area contributed by atoms with Gasteiger partial charge in [-0.1, -0.05) is 6.92 Å². The SMILES string of the molecule is CC1=C2C(=NSN2C)C(C)c2nsnc21. The molecule has 0 spiro atoms. The van der Waals surface area contributed by atoms with Crippen LogP contribution < -0.4 is 0 Å². The van der Waals surface area contributed by atoms with Crippen LogP contribution in [0.1, 0.15) is 31.2 Å². The standard InChI is InChI=1S/C9H10N4S2/c1-4-6-7(11-14-10-6)5(2)9-8(4)12-15-13(9)3/h4H,1-3H3. The normalized spacial score (nSPS) is 24.1. The molecule has 15 heavy (non-hydrogen) atoms. The summed E-state index contributed by atoms with van der Waals surface area (Å²) in [5.74, 6) is 0.273. The van der Waals surface area contributed by atoms with Crippen LogP contribution in [0.5, 0.6) is 0 Å². The Morgan fingerprint density at radius 3 is 2.93 bits per heavy atom. The van der Waals surface area contributed by atoms with Gasteiger partial charge in [0.25, 0.3) is 0 Å². The zero-order valence-corrected chi connectivity index (χ0v) is 10.3. The van der Waals surface area contributed by atoms with E-state index in [-0.39, 0.29) is 5.92 Å². The van der Waals surface area contributed by atoms with Gasteiger partial charge in [0.05, 0.1) is 41.0 Å². The first-order valence-electron chi connectivity index (χ1n) is 4.73. The topological polar surface area (TPSA) is 41.4 Å². The summed E-state index contributed by atoms with van der Waals surface area (Å²) >= 11 is 2.78. The fourth-order valence-electron chi connectivity index (χ4n) is 2.04. The van der Waals surface area contributed by atoms with Gasteiger partial charge in [0, 0.05) is 18.5 Å². The van der Waals surface area contributed by atoms with Gasteiger partial charge >= 0.3 is 0 Å². The molecule has 1 atom stereocenters. The quantitative estimate of drug-likeness (QED) is 0.651. The molecule has 6 heteroatoms. The van der Waals surface area contributed by atoms with E-state index in [0.717, 1.165) is 17.1 Å². The minimum atomic E-state index is 0.273. The molecule has 0 fully saturated rings. The molecule has 0 saturated carbocycles. The molecule has 1 aliphatic carbocycles. The molecule has 1 aromatic rings. The number of nitrogens with zero attached hydrogens (tertiary/aromatic N) is 4. The van der Waals surface area contributed by atoms with E-state index in [1.165, 1.54) is 35.1 Å². The van der Waals surface area contributed by atoms with E-state index in [4.69, 9.17) is 0 Å². The lowest BCUT2D eigenvalue weighted by molar-refractivity contribution is 0.740. The first kappa shape index (κ1) is 9.35. The average Bonchev–Trinajstić information content (AvgIpc) is 2.80. The van der Waals surface area contributed by atoms with Crippen LogP contribution in [0.4, 0.5) is 0 Å². The molecular weight excluding hydrogens is 228 g/mol. The van der Waals surface area contributed by atoms with E-state index in [1.807, 2.05) is 7.05 Å². The van der Waals surface area contributed by atoms with Crippen molar-refractivity contribution in [1.82, 2.24) is 13.1 Å². The predicted molar refractivity (Wildman–Crippen MR) is 63.7 cm³/mol. The molecule has 0 saturated heterocycles. The van der Waals surface area contributed by atoms with Gasteiger partial charge in [0.15, 0.2) is 0 Å². The average molecular weight is 238 g/mol. The molecule has 4 nitrogen and oxygen atoms in total. The van der Waals surface area contributed by atoms with Crippen LogP contribution in [0.15, 0.2) is 10.1 Å². The van der Waals surface area contributed by atoms with Crippen molar-refractivity contribution in [1.29, 1.82) is 0 Å². The van der Waals surface area contributed by atoms with Gasteiger partial charge in [-0.15, -0.1) is 0 Å². The molecule has 0 radical (unpaired) electrons. The zero-order chi connectivity index (χ0) is 10.6. The largest absolute Gasteiger partial charge is 0.298 e. The van der Waals surface area contributed by atoms with Crippen molar-refractivity contribution in [3.63, 3.8) is 0 Å². The predicted octanol–water partition coefficient (Wildman–Crippen LogP) is 2.34. The first-order valence-corrected chi connectivity index (χ1v) is 6.19. The second kappa shape index (κ2) is 3.05. The lowest BCUT2D eigenvalue weighted by atomic mass is 9.88. The number of rotatable bonds is 0. The molecule has 2 aliphatic rings. The van der Waals surface area contributed by atoms with Crippen molar-refractivity contribution in [2.45, 2.75) is 19.8 Å². The van der Waals surface area contributed by atoms with Crippen LogP contribution in [0, 0.1) is 0 Å². The van der Waals surface area contributed by atoms with E-state index in [0.29, 0.717) is 0 Å². The fourth-order valence-corrected chi connectivity index (χ4v) is 3.50. The van der Waals surface area contributed by atoms with Crippen LogP contribution in [0.25, 0.3) is 5.57 Å².